The number of hydrogen-bond donors (Lipinski definition) is 1. The number of fused-ring (bicyclic) bond motifs is 1. The van der Waals surface area contributed by atoms with Gasteiger partial charge in [0, 0.05) is 7.05 Å². The molecule has 1 N–H and O–H groups in total. The lowest BCUT2D eigenvalue weighted by atomic mass is 10.2. The highest BCUT2D eigenvalue weighted by Gasteiger charge is 2.11. The number of aliphatic hydroxyl groups excluding tert-OH is 1. The molecule has 1 unspecified atom stereocenters. The lowest BCUT2D eigenvalue weighted by molar-refractivity contribution is 0.173. The Labute approximate surface area is 93.7 Å². The van der Waals surface area contributed by atoms with E-state index in [4.69, 9.17) is 0 Å². The molecule has 2 aromatic rings. The second kappa shape index (κ2) is 3.79. The number of rotatable bonds is 2. The fourth-order valence-electron chi connectivity index (χ4n) is 1.96. The molecule has 1 heterocycles. The molecule has 0 aliphatic rings. The zero-order valence-corrected chi connectivity index (χ0v) is 9.77. The Balaban J connectivity index is 2.74. The molecule has 0 saturated heterocycles. The molecule has 0 aliphatic carbocycles. The quantitative estimate of drug-likeness (QED) is 0.821. The number of hydrogen-bond acceptors (Lipinski definition) is 2. The molecule has 4 heteroatoms. The third-order valence-corrected chi connectivity index (χ3v) is 2.75. The summed E-state index contributed by atoms with van der Waals surface area (Å²) in [6.07, 6.45) is -0.524. The second-order valence-electron chi connectivity index (χ2n) is 4.29. The summed E-state index contributed by atoms with van der Waals surface area (Å²) in [5.74, 6) is 0. The van der Waals surface area contributed by atoms with Crippen molar-refractivity contribution in [3.05, 3.63) is 34.2 Å². The van der Waals surface area contributed by atoms with Crippen LogP contribution < -0.4 is 5.69 Å². The normalized spacial score (nSPS) is 13.2. The summed E-state index contributed by atoms with van der Waals surface area (Å²) < 4.78 is 3.23. The number of aliphatic hydroxyl groups is 1. The van der Waals surface area contributed by atoms with Gasteiger partial charge in [-0.1, -0.05) is 6.07 Å². The van der Waals surface area contributed by atoms with Gasteiger partial charge in [-0.05, 0) is 31.5 Å². The lowest BCUT2D eigenvalue weighted by Gasteiger charge is -2.05. The number of aryl methyl sites for hydroxylation is 2. The van der Waals surface area contributed by atoms with Crippen LogP contribution in [-0.4, -0.2) is 20.3 Å². The topological polar surface area (TPSA) is 47.2 Å². The minimum atomic E-state index is -0.524. The van der Waals surface area contributed by atoms with Gasteiger partial charge < -0.3 is 5.11 Å². The molecule has 0 bridgehead atoms. The molecule has 1 aromatic carbocycles. The maximum atomic E-state index is 11.9. The van der Waals surface area contributed by atoms with E-state index in [1.54, 1.807) is 23.1 Å². The van der Waals surface area contributed by atoms with E-state index in [1.165, 1.54) is 0 Å². The van der Waals surface area contributed by atoms with Crippen LogP contribution in [0, 0.1) is 6.92 Å². The average molecular weight is 220 g/mol. The minimum absolute atomic E-state index is 0.0819. The van der Waals surface area contributed by atoms with Gasteiger partial charge in [0.25, 0.3) is 0 Å². The molecule has 2 rings (SSSR count). The lowest BCUT2D eigenvalue weighted by Crippen LogP contribution is -2.26. The number of imidazole rings is 1. The molecule has 0 spiro atoms. The Kier molecular flexibility index (Phi) is 2.59. The van der Waals surface area contributed by atoms with Crippen molar-refractivity contribution in [2.45, 2.75) is 26.5 Å². The van der Waals surface area contributed by atoms with Crippen LogP contribution in [0.25, 0.3) is 11.0 Å². The van der Waals surface area contributed by atoms with Crippen LogP contribution >= 0.6 is 0 Å². The van der Waals surface area contributed by atoms with Gasteiger partial charge in [-0.3, -0.25) is 9.13 Å². The van der Waals surface area contributed by atoms with Crippen LogP contribution in [0.1, 0.15) is 12.5 Å². The van der Waals surface area contributed by atoms with Crippen molar-refractivity contribution < 1.29 is 5.11 Å². The largest absolute Gasteiger partial charge is 0.392 e. The smallest absolute Gasteiger partial charge is 0.328 e. The molecule has 0 radical (unpaired) electrons. The maximum Gasteiger partial charge on any atom is 0.328 e. The monoisotopic (exact) mass is 220 g/mol. The van der Waals surface area contributed by atoms with Gasteiger partial charge in [0.15, 0.2) is 0 Å². The zero-order chi connectivity index (χ0) is 11.9. The van der Waals surface area contributed by atoms with E-state index >= 15 is 0 Å². The first-order valence-electron chi connectivity index (χ1n) is 5.34. The standard InChI is InChI=1S/C12H16N2O2/c1-8-4-5-10-11(6-8)13(3)12(16)14(10)7-9(2)15/h4-6,9,15H,7H2,1-3H3. The van der Waals surface area contributed by atoms with Crippen molar-refractivity contribution in [1.82, 2.24) is 9.13 Å². The Hall–Kier alpha value is -1.55. The molecular formula is C12H16N2O2. The molecular weight excluding hydrogens is 204 g/mol. The Morgan fingerprint density at radius 2 is 2.06 bits per heavy atom. The van der Waals surface area contributed by atoms with Gasteiger partial charge in [-0.2, -0.15) is 0 Å². The third-order valence-electron chi connectivity index (χ3n) is 2.75. The van der Waals surface area contributed by atoms with Crippen molar-refractivity contribution in [2.24, 2.45) is 7.05 Å². The fourth-order valence-corrected chi connectivity index (χ4v) is 1.96. The van der Waals surface area contributed by atoms with E-state index in [-0.39, 0.29) is 5.69 Å². The first kappa shape index (κ1) is 11.0. The van der Waals surface area contributed by atoms with Crippen LogP contribution in [0.5, 0.6) is 0 Å². The van der Waals surface area contributed by atoms with Crippen LogP contribution in [0.2, 0.25) is 0 Å². The first-order valence-corrected chi connectivity index (χ1v) is 5.34. The highest BCUT2D eigenvalue weighted by atomic mass is 16.3. The summed E-state index contributed by atoms with van der Waals surface area (Å²) in [5, 5.41) is 9.38. The molecule has 1 atom stereocenters. The Morgan fingerprint density at radius 3 is 2.69 bits per heavy atom. The van der Waals surface area contributed by atoms with E-state index in [0.717, 1.165) is 16.6 Å². The minimum Gasteiger partial charge on any atom is -0.392 e. The van der Waals surface area contributed by atoms with E-state index in [1.807, 2.05) is 25.1 Å². The van der Waals surface area contributed by atoms with E-state index < -0.39 is 6.10 Å². The zero-order valence-electron chi connectivity index (χ0n) is 9.77. The van der Waals surface area contributed by atoms with Gasteiger partial charge in [0.2, 0.25) is 0 Å². The maximum absolute atomic E-state index is 11.9. The average Bonchev–Trinajstić information content (AvgIpc) is 2.43. The molecule has 0 saturated carbocycles. The van der Waals surface area contributed by atoms with Crippen molar-refractivity contribution in [3.8, 4) is 0 Å². The Morgan fingerprint density at radius 1 is 1.38 bits per heavy atom. The summed E-state index contributed by atoms with van der Waals surface area (Å²) in [7, 11) is 1.75. The van der Waals surface area contributed by atoms with Crippen molar-refractivity contribution in [2.75, 3.05) is 0 Å². The highest BCUT2D eigenvalue weighted by Crippen LogP contribution is 2.14. The predicted molar refractivity (Wildman–Crippen MR) is 63.6 cm³/mol. The summed E-state index contributed by atoms with van der Waals surface area (Å²) in [5.41, 5.74) is 2.82. The third kappa shape index (κ3) is 1.65. The van der Waals surface area contributed by atoms with Crippen molar-refractivity contribution in [1.29, 1.82) is 0 Å². The van der Waals surface area contributed by atoms with Gasteiger partial charge >= 0.3 is 5.69 Å². The Bertz CT molecular complexity index is 578. The number of benzene rings is 1. The van der Waals surface area contributed by atoms with Crippen molar-refractivity contribution in [3.63, 3.8) is 0 Å². The number of aromatic nitrogens is 2. The molecule has 16 heavy (non-hydrogen) atoms. The first-order chi connectivity index (χ1) is 7.50. The van der Waals surface area contributed by atoms with Gasteiger partial charge in [-0.25, -0.2) is 4.79 Å². The summed E-state index contributed by atoms with van der Waals surface area (Å²) in [6.45, 7) is 4.01. The van der Waals surface area contributed by atoms with Crippen LogP contribution in [-0.2, 0) is 13.6 Å². The summed E-state index contributed by atoms with van der Waals surface area (Å²) >= 11 is 0. The molecule has 0 fully saturated rings. The van der Waals surface area contributed by atoms with Crippen LogP contribution in [0.3, 0.4) is 0 Å². The summed E-state index contributed by atoms with van der Waals surface area (Å²) in [6, 6.07) is 5.88. The van der Waals surface area contributed by atoms with E-state index in [9.17, 15) is 9.90 Å². The molecule has 0 aliphatic heterocycles. The van der Waals surface area contributed by atoms with Crippen molar-refractivity contribution >= 4 is 11.0 Å². The molecule has 1 aromatic heterocycles. The van der Waals surface area contributed by atoms with Crippen LogP contribution in [0.4, 0.5) is 0 Å². The summed E-state index contributed by atoms with van der Waals surface area (Å²) in [4.78, 5) is 11.9. The van der Waals surface area contributed by atoms with Crippen LogP contribution in [0.15, 0.2) is 23.0 Å². The second-order valence-corrected chi connectivity index (χ2v) is 4.29. The molecule has 4 nitrogen and oxygen atoms in total. The molecule has 0 amide bonds. The predicted octanol–water partition coefficient (Wildman–Crippen LogP) is 1.03. The molecule has 86 valence electrons. The van der Waals surface area contributed by atoms with Gasteiger partial charge in [0.1, 0.15) is 0 Å². The van der Waals surface area contributed by atoms with Gasteiger partial charge in [-0.15, -0.1) is 0 Å². The highest BCUT2D eigenvalue weighted by molar-refractivity contribution is 5.76. The SMILES string of the molecule is Cc1ccc2c(c1)n(C)c(=O)n2CC(C)O. The van der Waals surface area contributed by atoms with E-state index in [0.29, 0.717) is 6.54 Å². The van der Waals surface area contributed by atoms with Gasteiger partial charge in [0.05, 0.1) is 23.7 Å². The fraction of sp³-hybridized carbons (Fsp3) is 0.417. The number of nitrogens with zero attached hydrogens (tertiary/aromatic N) is 2. The van der Waals surface area contributed by atoms with E-state index in [2.05, 4.69) is 0 Å².